The molecule has 0 aliphatic heterocycles. The van der Waals surface area contributed by atoms with Gasteiger partial charge >= 0.3 is 0 Å². The summed E-state index contributed by atoms with van der Waals surface area (Å²) in [4.78, 5) is 26.9. The molecule has 118 valence electrons. The number of nitro groups is 1. The number of aryl methyl sites for hydroxylation is 2. The van der Waals surface area contributed by atoms with Crippen molar-refractivity contribution in [3.63, 3.8) is 0 Å². The average Bonchev–Trinajstić information content (AvgIpc) is 2.87. The number of carbonyl (C=O) groups excluding carboxylic acids is 1. The average molecular weight is 312 g/mol. The number of benzene rings is 1. The molecule has 7 nitrogen and oxygen atoms in total. The topological polar surface area (TPSA) is 90.1 Å². The van der Waals surface area contributed by atoms with Crippen molar-refractivity contribution in [3.8, 4) is 0 Å². The fraction of sp³-hybridized carbons (Fsp3) is 0.250. The molecule has 23 heavy (non-hydrogen) atoms. The predicted octanol–water partition coefficient (Wildman–Crippen LogP) is 2.79. The molecule has 0 spiro atoms. The van der Waals surface area contributed by atoms with Crippen molar-refractivity contribution in [1.82, 2.24) is 14.9 Å². The second kappa shape index (κ2) is 5.35. The molecule has 1 aromatic carbocycles. The van der Waals surface area contributed by atoms with E-state index in [0.29, 0.717) is 12.2 Å². The highest BCUT2D eigenvalue weighted by atomic mass is 16.6. The lowest BCUT2D eigenvalue weighted by atomic mass is 10.1. The van der Waals surface area contributed by atoms with Crippen LogP contribution in [0.3, 0.4) is 0 Å². The Morgan fingerprint density at radius 1 is 1.35 bits per heavy atom. The maximum absolute atomic E-state index is 11.9. The van der Waals surface area contributed by atoms with Gasteiger partial charge in [-0.1, -0.05) is 0 Å². The fourth-order valence-electron chi connectivity index (χ4n) is 2.99. The summed E-state index contributed by atoms with van der Waals surface area (Å²) in [5.41, 5.74) is 2.85. The standard InChI is InChI=1S/C16H16N4O3/c1-4-19-14-6-5-10(20(22)23)7-11(14)12-8-13(16(21)17-3)18-9(2)15(12)19/h5-8H,4H2,1-3H3,(H,17,21). The van der Waals surface area contributed by atoms with E-state index in [9.17, 15) is 14.9 Å². The summed E-state index contributed by atoms with van der Waals surface area (Å²) in [7, 11) is 1.55. The molecule has 3 rings (SSSR count). The number of fused-ring (bicyclic) bond motifs is 3. The predicted molar refractivity (Wildman–Crippen MR) is 87.7 cm³/mol. The van der Waals surface area contributed by atoms with Gasteiger partial charge in [0.25, 0.3) is 11.6 Å². The zero-order valence-corrected chi connectivity index (χ0v) is 13.1. The van der Waals surface area contributed by atoms with E-state index < -0.39 is 4.92 Å². The zero-order chi connectivity index (χ0) is 16.7. The van der Waals surface area contributed by atoms with E-state index in [1.807, 2.05) is 13.8 Å². The van der Waals surface area contributed by atoms with Crippen molar-refractivity contribution in [2.24, 2.45) is 0 Å². The first kappa shape index (κ1) is 15.0. The van der Waals surface area contributed by atoms with Gasteiger partial charge < -0.3 is 9.88 Å². The van der Waals surface area contributed by atoms with Gasteiger partial charge in [0.05, 0.1) is 16.1 Å². The monoisotopic (exact) mass is 312 g/mol. The Morgan fingerprint density at radius 2 is 2.09 bits per heavy atom. The van der Waals surface area contributed by atoms with Gasteiger partial charge in [-0.05, 0) is 26.0 Å². The third kappa shape index (κ3) is 2.21. The molecule has 0 unspecified atom stereocenters. The molecular weight excluding hydrogens is 296 g/mol. The smallest absolute Gasteiger partial charge is 0.270 e. The molecule has 0 saturated carbocycles. The Balaban J connectivity index is 2.46. The minimum Gasteiger partial charge on any atom is -0.354 e. The Morgan fingerprint density at radius 3 is 2.70 bits per heavy atom. The lowest BCUT2D eigenvalue weighted by molar-refractivity contribution is -0.384. The summed E-state index contributed by atoms with van der Waals surface area (Å²) in [5.74, 6) is -0.280. The van der Waals surface area contributed by atoms with E-state index in [1.165, 1.54) is 6.07 Å². The number of nitrogens with zero attached hydrogens (tertiary/aromatic N) is 3. The summed E-state index contributed by atoms with van der Waals surface area (Å²) in [6, 6.07) is 6.49. The molecule has 0 saturated heterocycles. The number of nitrogens with one attached hydrogen (secondary N) is 1. The first-order valence-electron chi connectivity index (χ1n) is 7.28. The Bertz CT molecular complexity index is 959. The van der Waals surface area contributed by atoms with Crippen LogP contribution in [0.25, 0.3) is 21.8 Å². The first-order chi connectivity index (χ1) is 11.0. The molecule has 2 aromatic heterocycles. The van der Waals surface area contributed by atoms with Crippen LogP contribution in [0.1, 0.15) is 23.1 Å². The van der Waals surface area contributed by atoms with Gasteiger partial charge in [-0.15, -0.1) is 0 Å². The SMILES string of the molecule is CCn1c2ccc([N+](=O)[O-])cc2c2cc(C(=O)NC)nc(C)c21. The summed E-state index contributed by atoms with van der Waals surface area (Å²) in [5, 5.41) is 15.2. The number of carbonyl (C=O) groups is 1. The van der Waals surface area contributed by atoms with Crippen molar-refractivity contribution in [1.29, 1.82) is 0 Å². The van der Waals surface area contributed by atoms with E-state index >= 15 is 0 Å². The maximum Gasteiger partial charge on any atom is 0.270 e. The van der Waals surface area contributed by atoms with E-state index in [1.54, 1.807) is 25.2 Å². The number of nitro benzene ring substituents is 1. The van der Waals surface area contributed by atoms with Crippen molar-refractivity contribution >= 4 is 33.4 Å². The molecule has 0 atom stereocenters. The number of non-ortho nitro benzene ring substituents is 1. The van der Waals surface area contributed by atoms with Crippen LogP contribution < -0.4 is 5.32 Å². The minimum absolute atomic E-state index is 0.0311. The van der Waals surface area contributed by atoms with E-state index in [0.717, 1.165) is 27.5 Å². The van der Waals surface area contributed by atoms with Gasteiger partial charge in [0.2, 0.25) is 0 Å². The van der Waals surface area contributed by atoms with Crippen LogP contribution in [0.5, 0.6) is 0 Å². The molecule has 0 bridgehead atoms. The van der Waals surface area contributed by atoms with Crippen molar-refractivity contribution in [2.75, 3.05) is 7.05 Å². The van der Waals surface area contributed by atoms with Gasteiger partial charge in [0, 0.05) is 42.0 Å². The number of rotatable bonds is 3. The van der Waals surface area contributed by atoms with Gasteiger partial charge in [-0.2, -0.15) is 0 Å². The summed E-state index contributed by atoms with van der Waals surface area (Å²) >= 11 is 0. The third-order valence-electron chi connectivity index (χ3n) is 3.98. The molecule has 3 aromatic rings. The van der Waals surface area contributed by atoms with E-state index in [-0.39, 0.29) is 11.6 Å². The second-order valence-corrected chi connectivity index (χ2v) is 5.27. The maximum atomic E-state index is 11.9. The molecule has 2 heterocycles. The number of pyridine rings is 1. The molecule has 0 aliphatic carbocycles. The largest absolute Gasteiger partial charge is 0.354 e. The van der Waals surface area contributed by atoms with Gasteiger partial charge in [0.1, 0.15) is 5.69 Å². The van der Waals surface area contributed by atoms with Crippen LogP contribution in [0.15, 0.2) is 24.3 Å². The lowest BCUT2D eigenvalue weighted by Gasteiger charge is -2.06. The highest BCUT2D eigenvalue weighted by Crippen LogP contribution is 2.33. The van der Waals surface area contributed by atoms with Gasteiger partial charge in [0.15, 0.2) is 0 Å². The van der Waals surface area contributed by atoms with Crippen molar-refractivity contribution in [2.45, 2.75) is 20.4 Å². The molecular formula is C16H16N4O3. The lowest BCUT2D eigenvalue weighted by Crippen LogP contribution is -2.19. The number of amides is 1. The molecule has 7 heteroatoms. The highest BCUT2D eigenvalue weighted by molar-refractivity contribution is 6.11. The summed E-state index contributed by atoms with van der Waals surface area (Å²) in [6.45, 7) is 4.56. The summed E-state index contributed by atoms with van der Waals surface area (Å²) < 4.78 is 2.06. The van der Waals surface area contributed by atoms with Crippen LogP contribution in [-0.4, -0.2) is 27.4 Å². The van der Waals surface area contributed by atoms with Crippen LogP contribution in [0.4, 0.5) is 5.69 Å². The summed E-state index contributed by atoms with van der Waals surface area (Å²) in [6.07, 6.45) is 0. The van der Waals surface area contributed by atoms with Crippen LogP contribution in [0.2, 0.25) is 0 Å². The number of hydrogen-bond donors (Lipinski definition) is 1. The Hall–Kier alpha value is -2.96. The fourth-order valence-corrected chi connectivity index (χ4v) is 2.99. The molecule has 1 N–H and O–H groups in total. The van der Waals surface area contributed by atoms with Crippen LogP contribution in [-0.2, 0) is 6.54 Å². The first-order valence-corrected chi connectivity index (χ1v) is 7.28. The Kier molecular flexibility index (Phi) is 3.48. The zero-order valence-electron chi connectivity index (χ0n) is 13.1. The molecule has 0 aliphatic rings. The van der Waals surface area contributed by atoms with E-state index in [2.05, 4.69) is 14.9 Å². The van der Waals surface area contributed by atoms with Crippen LogP contribution >= 0.6 is 0 Å². The van der Waals surface area contributed by atoms with Crippen LogP contribution in [0, 0.1) is 17.0 Å². The third-order valence-corrected chi connectivity index (χ3v) is 3.98. The normalized spacial score (nSPS) is 11.1. The van der Waals surface area contributed by atoms with Gasteiger partial charge in [-0.3, -0.25) is 14.9 Å². The molecule has 0 radical (unpaired) electrons. The Labute approximate surface area is 132 Å². The van der Waals surface area contributed by atoms with Crippen molar-refractivity contribution < 1.29 is 9.72 Å². The second-order valence-electron chi connectivity index (χ2n) is 5.27. The highest BCUT2D eigenvalue weighted by Gasteiger charge is 2.18. The van der Waals surface area contributed by atoms with Crippen molar-refractivity contribution in [3.05, 3.63) is 45.8 Å². The number of hydrogen-bond acceptors (Lipinski definition) is 4. The quantitative estimate of drug-likeness (QED) is 0.595. The van der Waals surface area contributed by atoms with E-state index in [4.69, 9.17) is 0 Å². The molecule has 0 fully saturated rings. The van der Waals surface area contributed by atoms with Gasteiger partial charge in [-0.25, -0.2) is 4.98 Å². The minimum atomic E-state index is -0.414. The number of aromatic nitrogens is 2. The molecule has 1 amide bonds.